The van der Waals surface area contributed by atoms with Crippen molar-refractivity contribution >= 4 is 34.9 Å². The maximum absolute atomic E-state index is 14.5. The second kappa shape index (κ2) is 14.0. The molecular formula is C31H32ClFN3NiO3-. The van der Waals surface area contributed by atoms with Crippen molar-refractivity contribution in [1.82, 2.24) is 4.90 Å². The number of nitrogens with zero attached hydrogens (tertiary/aromatic N) is 3. The first-order valence-corrected chi connectivity index (χ1v) is 13.5. The van der Waals surface area contributed by atoms with E-state index in [-0.39, 0.29) is 35.2 Å². The van der Waals surface area contributed by atoms with Gasteiger partial charge < -0.3 is 15.2 Å². The molecule has 3 aromatic rings. The fourth-order valence-electron chi connectivity index (χ4n) is 5.15. The third-order valence-corrected chi connectivity index (χ3v) is 7.49. The first-order valence-electron chi connectivity index (χ1n) is 13.1. The number of amides is 1. The molecule has 1 saturated heterocycles. The van der Waals surface area contributed by atoms with Gasteiger partial charge in [-0.05, 0) is 68.6 Å². The van der Waals surface area contributed by atoms with Crippen LogP contribution in [0.2, 0.25) is 5.02 Å². The maximum Gasteiger partial charge on any atom is 0.305 e. The number of carbonyl (C=O) groups excluding carboxylic acids is 1. The zero-order valence-corrected chi connectivity index (χ0v) is 24.2. The molecule has 0 unspecified atom stereocenters. The number of hydrogen-bond acceptors (Lipinski definition) is 4. The van der Waals surface area contributed by atoms with Crippen LogP contribution in [-0.2, 0) is 32.5 Å². The third kappa shape index (κ3) is 7.36. The van der Waals surface area contributed by atoms with Gasteiger partial charge in [0.2, 0.25) is 0 Å². The number of carboxylic acids is 1. The van der Waals surface area contributed by atoms with Crippen LogP contribution in [0.25, 0.3) is 5.32 Å². The van der Waals surface area contributed by atoms with Crippen molar-refractivity contribution in [2.24, 2.45) is 4.99 Å². The minimum Gasteiger partial charge on any atom is -0.625 e. The van der Waals surface area contributed by atoms with E-state index in [0.717, 1.165) is 25.9 Å². The topological polar surface area (TPSA) is 84.1 Å². The number of carbonyl (C=O) groups is 2. The van der Waals surface area contributed by atoms with Crippen molar-refractivity contribution < 1.29 is 35.6 Å². The summed E-state index contributed by atoms with van der Waals surface area (Å²) in [7, 11) is 0. The van der Waals surface area contributed by atoms with Crippen molar-refractivity contribution in [3.8, 4) is 0 Å². The van der Waals surface area contributed by atoms with Gasteiger partial charge in [-0.1, -0.05) is 73.1 Å². The van der Waals surface area contributed by atoms with Crippen molar-refractivity contribution in [3.05, 3.63) is 106 Å². The molecule has 1 aliphatic heterocycles. The number of benzene rings is 3. The molecule has 0 radical (unpaired) electrons. The molecule has 2 atom stereocenters. The second-order valence-corrected chi connectivity index (χ2v) is 10.4. The summed E-state index contributed by atoms with van der Waals surface area (Å²) in [5, 5.41) is 14.6. The Hall–Kier alpha value is -3.06. The van der Waals surface area contributed by atoms with Crippen LogP contribution in [-0.4, -0.2) is 52.3 Å². The van der Waals surface area contributed by atoms with E-state index >= 15 is 0 Å². The Kier molecular flexibility index (Phi) is 11.0. The number of likely N-dealkylation sites (tertiary alicyclic amines) is 1. The first kappa shape index (κ1) is 31.5. The van der Waals surface area contributed by atoms with Crippen LogP contribution in [0.1, 0.15) is 49.8 Å². The van der Waals surface area contributed by atoms with Crippen LogP contribution in [0.3, 0.4) is 0 Å². The zero-order valence-electron chi connectivity index (χ0n) is 22.4. The summed E-state index contributed by atoms with van der Waals surface area (Å²) in [5.41, 5.74) is 1.73. The van der Waals surface area contributed by atoms with Crippen molar-refractivity contribution in [3.63, 3.8) is 0 Å². The molecule has 1 heterocycles. The Balaban J connectivity index is 0.00000441. The Morgan fingerprint density at radius 2 is 1.82 bits per heavy atom. The summed E-state index contributed by atoms with van der Waals surface area (Å²) in [4.78, 5) is 32.4. The van der Waals surface area contributed by atoms with Gasteiger partial charge in [-0.15, -0.1) is 5.69 Å². The normalized spacial score (nSPS) is 18.1. The second-order valence-electron chi connectivity index (χ2n) is 9.93. The minimum atomic E-state index is -1.05. The summed E-state index contributed by atoms with van der Waals surface area (Å²) in [6.07, 6.45) is 1.42. The van der Waals surface area contributed by atoms with Crippen molar-refractivity contribution in [1.29, 1.82) is 0 Å². The summed E-state index contributed by atoms with van der Waals surface area (Å²) >= 11 is 6.42. The van der Waals surface area contributed by atoms with E-state index in [1.54, 1.807) is 36.4 Å². The molecule has 0 saturated carbocycles. The number of aliphatic imine (C=N–C) groups is 1. The van der Waals surface area contributed by atoms with Gasteiger partial charge in [0, 0.05) is 27.1 Å². The predicted octanol–water partition coefficient (Wildman–Crippen LogP) is 6.81. The number of halogens is 2. The minimum absolute atomic E-state index is 0. The van der Waals surface area contributed by atoms with Crippen LogP contribution in [0.15, 0.2) is 77.8 Å². The number of likely N-dealkylation sites (N-methyl/N-ethyl adjacent to an activating group) is 1. The third-order valence-electron chi connectivity index (χ3n) is 7.25. The molecule has 1 aliphatic rings. The molecule has 0 aliphatic carbocycles. The smallest absolute Gasteiger partial charge is 0.305 e. The van der Waals surface area contributed by atoms with Gasteiger partial charge in [0.15, 0.2) is 0 Å². The van der Waals surface area contributed by atoms with Gasteiger partial charge in [-0.2, -0.15) is 0 Å². The Labute approximate surface area is 249 Å². The van der Waals surface area contributed by atoms with E-state index in [9.17, 15) is 19.1 Å². The van der Waals surface area contributed by atoms with Crippen LogP contribution in [0.4, 0.5) is 10.1 Å². The van der Waals surface area contributed by atoms with Gasteiger partial charge in [0.05, 0.1) is 29.6 Å². The average Bonchev–Trinajstić information content (AvgIpc) is 3.31. The van der Waals surface area contributed by atoms with Crippen LogP contribution in [0, 0.1) is 5.82 Å². The molecule has 1 amide bonds. The van der Waals surface area contributed by atoms with Crippen LogP contribution < -0.4 is 0 Å². The molecule has 0 aromatic heterocycles. The van der Waals surface area contributed by atoms with Gasteiger partial charge in [-0.3, -0.25) is 14.7 Å². The quantitative estimate of drug-likeness (QED) is 0.203. The summed E-state index contributed by atoms with van der Waals surface area (Å²) in [5.74, 6) is -1.71. The fraction of sp³-hybridized carbons (Fsp3) is 0.323. The molecule has 40 heavy (non-hydrogen) atoms. The van der Waals surface area contributed by atoms with Gasteiger partial charge >= 0.3 is 5.97 Å². The van der Waals surface area contributed by atoms with Crippen molar-refractivity contribution in [2.75, 3.05) is 13.1 Å². The monoisotopic (exact) mass is 606 g/mol. The summed E-state index contributed by atoms with van der Waals surface area (Å²) in [6, 6.07) is 19.8. The molecule has 0 spiro atoms. The Bertz CT molecular complexity index is 1370. The molecule has 214 valence electrons. The van der Waals surface area contributed by atoms with E-state index in [1.165, 1.54) is 6.07 Å². The SMILES string of the molecule is CCN1CCC[C@]1(C)C(=O)[N-]c1ccc(Cl)cc1C(=N[C@@H](CC(=O)O)Cc1ccccc1F)c1ccccc1.[Ni]. The summed E-state index contributed by atoms with van der Waals surface area (Å²) < 4.78 is 14.5. The van der Waals surface area contributed by atoms with Crippen LogP contribution in [0.5, 0.6) is 0 Å². The molecule has 0 bridgehead atoms. The molecule has 4 rings (SSSR count). The van der Waals surface area contributed by atoms with E-state index in [1.807, 2.05) is 44.2 Å². The van der Waals surface area contributed by atoms with E-state index in [4.69, 9.17) is 16.6 Å². The van der Waals surface area contributed by atoms with E-state index < -0.39 is 23.4 Å². The molecule has 9 heteroatoms. The fourth-order valence-corrected chi connectivity index (χ4v) is 5.33. The van der Waals surface area contributed by atoms with Crippen molar-refractivity contribution in [2.45, 2.75) is 51.1 Å². The Morgan fingerprint density at radius 1 is 1.12 bits per heavy atom. The standard InChI is InChI=1S/C31H33ClFN3O3.Ni/c1-3-36-17-9-16-31(36,2)30(39)35-27-15-14-23(32)19-25(27)29(21-10-5-4-6-11-21)34-24(20-28(37)38)18-22-12-7-8-13-26(22)33;/h4-8,10-15,19,24H,3,9,16-18,20H2,1-2H3,(H2,34,35,37,38,39);/p-1/t24-,31-;/m1./s1. The molecule has 1 N–H and O–H groups in total. The van der Waals surface area contributed by atoms with Gasteiger partial charge in [0.25, 0.3) is 0 Å². The number of carboxylic acid groups (broad SMARTS) is 1. The molecule has 3 aromatic carbocycles. The number of aliphatic carboxylic acids is 1. The number of rotatable bonds is 10. The summed E-state index contributed by atoms with van der Waals surface area (Å²) in [6.45, 7) is 5.54. The first-order chi connectivity index (χ1) is 18.7. The average molecular weight is 608 g/mol. The predicted molar refractivity (Wildman–Crippen MR) is 153 cm³/mol. The molecule has 1 fully saturated rings. The van der Waals surface area contributed by atoms with Gasteiger partial charge in [0.1, 0.15) is 5.82 Å². The van der Waals surface area contributed by atoms with E-state index in [0.29, 0.717) is 33.1 Å². The number of hydrogen-bond donors (Lipinski definition) is 1. The molecule has 6 nitrogen and oxygen atoms in total. The van der Waals surface area contributed by atoms with Gasteiger partial charge in [-0.25, -0.2) is 4.39 Å². The maximum atomic E-state index is 14.5. The molecular weight excluding hydrogens is 576 g/mol. The van der Waals surface area contributed by atoms with E-state index in [2.05, 4.69) is 10.2 Å². The zero-order chi connectivity index (χ0) is 28.0. The largest absolute Gasteiger partial charge is 0.625 e. The Morgan fingerprint density at radius 3 is 2.50 bits per heavy atom. The van der Waals surface area contributed by atoms with Crippen LogP contribution >= 0.6 is 11.6 Å².